The Kier molecular flexibility index (Phi) is 2.37. The number of benzene rings is 1. The minimum atomic E-state index is 0.0981. The van der Waals surface area contributed by atoms with E-state index in [0.29, 0.717) is 0 Å². The first-order chi connectivity index (χ1) is 6.11. The Balaban J connectivity index is 2.64. The molecule has 2 rings (SSSR count). The Morgan fingerprint density at radius 1 is 1.31 bits per heavy atom. The molecule has 0 radical (unpaired) electrons. The van der Waals surface area contributed by atoms with Crippen molar-refractivity contribution in [2.75, 3.05) is 0 Å². The molecule has 1 atom stereocenters. The molecule has 2 heteroatoms. The maximum atomic E-state index is 3.75. The van der Waals surface area contributed by atoms with Crippen molar-refractivity contribution in [2.45, 2.75) is 17.7 Å². The third-order valence-corrected chi connectivity index (χ3v) is 3.91. The fraction of sp³-hybridized carbons (Fsp3) is 0.273. The molecule has 1 aromatic carbocycles. The smallest absolute Gasteiger partial charge is 0.0519 e. The van der Waals surface area contributed by atoms with Crippen LogP contribution in [0.1, 0.15) is 24.5 Å². The summed E-state index contributed by atoms with van der Waals surface area (Å²) in [6.45, 7) is 2.21. The number of halogens is 2. The first-order valence-corrected chi connectivity index (χ1v) is 5.84. The van der Waals surface area contributed by atoms with E-state index in [0.717, 1.165) is 6.42 Å². The Bertz CT molecular complexity index is 364. The Hall–Kier alpha value is -0.0800. The molecule has 0 N–H and O–H groups in total. The van der Waals surface area contributed by atoms with Crippen LogP contribution >= 0.6 is 31.9 Å². The highest BCUT2D eigenvalue weighted by Gasteiger charge is 2.28. The van der Waals surface area contributed by atoms with Crippen LogP contribution in [0.3, 0.4) is 0 Å². The molecule has 1 unspecified atom stereocenters. The summed E-state index contributed by atoms with van der Waals surface area (Å²) in [5, 5.41) is 0. The minimum Gasteiger partial charge on any atom is -0.0801 e. The van der Waals surface area contributed by atoms with Crippen molar-refractivity contribution in [1.29, 1.82) is 0 Å². The molecule has 0 nitrogen and oxygen atoms in total. The van der Waals surface area contributed by atoms with Gasteiger partial charge in [-0.3, -0.25) is 0 Å². The third kappa shape index (κ3) is 1.62. The zero-order valence-corrected chi connectivity index (χ0v) is 10.5. The molecule has 0 heterocycles. The number of allylic oxidation sites excluding steroid dienone is 1. The van der Waals surface area contributed by atoms with Gasteiger partial charge in [-0.05, 0) is 24.5 Å². The molecule has 0 saturated carbocycles. The molecule has 1 aromatic rings. The predicted molar refractivity (Wildman–Crippen MR) is 64.2 cm³/mol. The van der Waals surface area contributed by atoms with Gasteiger partial charge in [-0.25, -0.2) is 0 Å². The maximum absolute atomic E-state index is 3.75. The van der Waals surface area contributed by atoms with E-state index in [-0.39, 0.29) is 4.32 Å². The summed E-state index contributed by atoms with van der Waals surface area (Å²) in [7, 11) is 0. The van der Waals surface area contributed by atoms with Crippen LogP contribution in [0.2, 0.25) is 0 Å². The van der Waals surface area contributed by atoms with E-state index >= 15 is 0 Å². The zero-order chi connectivity index (χ0) is 9.47. The van der Waals surface area contributed by atoms with Gasteiger partial charge in [0.1, 0.15) is 0 Å². The van der Waals surface area contributed by atoms with Gasteiger partial charge in [0.25, 0.3) is 0 Å². The Morgan fingerprint density at radius 2 is 2.00 bits per heavy atom. The number of fused-ring (bicyclic) bond motifs is 1. The van der Waals surface area contributed by atoms with Gasteiger partial charge in [-0.1, -0.05) is 62.2 Å². The summed E-state index contributed by atoms with van der Waals surface area (Å²) >= 11 is 7.33. The highest BCUT2D eigenvalue weighted by molar-refractivity contribution is 9.15. The highest BCUT2D eigenvalue weighted by Crippen LogP contribution is 2.44. The van der Waals surface area contributed by atoms with Crippen LogP contribution in [-0.4, -0.2) is 0 Å². The van der Waals surface area contributed by atoms with Crippen LogP contribution in [0.15, 0.2) is 30.3 Å². The van der Waals surface area contributed by atoms with Gasteiger partial charge >= 0.3 is 0 Å². The van der Waals surface area contributed by atoms with Crippen LogP contribution in [0.4, 0.5) is 0 Å². The molecule has 1 aliphatic carbocycles. The predicted octanol–water partition coefficient (Wildman–Crippen LogP) is 4.44. The molecule has 0 amide bonds. The first-order valence-electron chi connectivity index (χ1n) is 4.26. The fourth-order valence-electron chi connectivity index (χ4n) is 1.65. The van der Waals surface area contributed by atoms with Crippen molar-refractivity contribution in [1.82, 2.24) is 0 Å². The SMILES string of the molecule is CC1(Br)CC=C(Br)c2ccccc21. The van der Waals surface area contributed by atoms with E-state index in [4.69, 9.17) is 0 Å². The molecule has 0 fully saturated rings. The number of hydrogen-bond acceptors (Lipinski definition) is 0. The van der Waals surface area contributed by atoms with Gasteiger partial charge in [0.05, 0.1) is 4.32 Å². The van der Waals surface area contributed by atoms with Gasteiger partial charge in [0.2, 0.25) is 0 Å². The van der Waals surface area contributed by atoms with E-state index in [1.54, 1.807) is 0 Å². The Morgan fingerprint density at radius 3 is 2.69 bits per heavy atom. The third-order valence-electron chi connectivity index (χ3n) is 2.41. The van der Waals surface area contributed by atoms with E-state index in [1.165, 1.54) is 15.6 Å². The second kappa shape index (κ2) is 3.25. The molecule has 0 saturated heterocycles. The van der Waals surface area contributed by atoms with Crippen molar-refractivity contribution < 1.29 is 0 Å². The summed E-state index contributed by atoms with van der Waals surface area (Å²) < 4.78 is 1.31. The van der Waals surface area contributed by atoms with E-state index < -0.39 is 0 Å². The maximum Gasteiger partial charge on any atom is 0.0519 e. The molecular formula is C11H10Br2. The van der Waals surface area contributed by atoms with Crippen LogP contribution in [0.5, 0.6) is 0 Å². The molecule has 0 aromatic heterocycles. The van der Waals surface area contributed by atoms with Crippen molar-refractivity contribution in [3.8, 4) is 0 Å². The summed E-state index contributed by atoms with van der Waals surface area (Å²) in [6.07, 6.45) is 3.25. The second-order valence-corrected chi connectivity index (χ2v) is 6.10. The van der Waals surface area contributed by atoms with Crippen molar-refractivity contribution in [3.63, 3.8) is 0 Å². The topological polar surface area (TPSA) is 0 Å². The van der Waals surface area contributed by atoms with Crippen molar-refractivity contribution in [3.05, 3.63) is 41.5 Å². The average Bonchev–Trinajstić information content (AvgIpc) is 2.13. The number of hydrogen-bond donors (Lipinski definition) is 0. The number of alkyl halides is 1. The quantitative estimate of drug-likeness (QED) is 0.622. The zero-order valence-electron chi connectivity index (χ0n) is 7.35. The standard InChI is InChI=1S/C11H10Br2/c1-11(13)7-6-10(12)8-4-2-3-5-9(8)11/h2-6H,7H2,1H3. The molecular weight excluding hydrogens is 292 g/mol. The lowest BCUT2D eigenvalue weighted by Gasteiger charge is -2.28. The normalized spacial score (nSPS) is 26.5. The van der Waals surface area contributed by atoms with E-state index in [1.807, 2.05) is 0 Å². The van der Waals surface area contributed by atoms with Gasteiger partial charge in [0.15, 0.2) is 0 Å². The monoisotopic (exact) mass is 300 g/mol. The second-order valence-electron chi connectivity index (χ2n) is 3.50. The van der Waals surface area contributed by atoms with Crippen molar-refractivity contribution >= 4 is 36.3 Å². The lowest BCUT2D eigenvalue weighted by molar-refractivity contribution is 0.715. The molecule has 0 spiro atoms. The van der Waals surface area contributed by atoms with Gasteiger partial charge in [-0.15, -0.1) is 0 Å². The highest BCUT2D eigenvalue weighted by atomic mass is 79.9. The van der Waals surface area contributed by atoms with Crippen LogP contribution in [0.25, 0.3) is 4.48 Å². The summed E-state index contributed by atoms with van der Waals surface area (Å²) in [5.74, 6) is 0. The van der Waals surface area contributed by atoms with Gasteiger partial charge in [-0.2, -0.15) is 0 Å². The largest absolute Gasteiger partial charge is 0.0801 e. The molecule has 0 aliphatic heterocycles. The lowest BCUT2D eigenvalue weighted by Crippen LogP contribution is -2.16. The van der Waals surface area contributed by atoms with Crippen LogP contribution < -0.4 is 0 Å². The summed E-state index contributed by atoms with van der Waals surface area (Å²) in [5.41, 5.74) is 2.66. The van der Waals surface area contributed by atoms with Gasteiger partial charge in [0, 0.05) is 4.48 Å². The Labute approximate surface area is 95.3 Å². The van der Waals surface area contributed by atoms with Crippen LogP contribution in [0, 0.1) is 0 Å². The van der Waals surface area contributed by atoms with Crippen LogP contribution in [-0.2, 0) is 4.32 Å². The molecule has 0 bridgehead atoms. The minimum absolute atomic E-state index is 0.0981. The molecule has 68 valence electrons. The van der Waals surface area contributed by atoms with Gasteiger partial charge < -0.3 is 0 Å². The van der Waals surface area contributed by atoms with E-state index in [2.05, 4.69) is 69.1 Å². The first kappa shape index (κ1) is 9.47. The van der Waals surface area contributed by atoms with E-state index in [9.17, 15) is 0 Å². The summed E-state index contributed by atoms with van der Waals surface area (Å²) in [4.78, 5) is 0. The lowest BCUT2D eigenvalue weighted by atomic mass is 9.88. The average molecular weight is 302 g/mol. The molecule has 1 aliphatic rings. The summed E-state index contributed by atoms with van der Waals surface area (Å²) in [6, 6.07) is 8.49. The van der Waals surface area contributed by atoms with Crippen molar-refractivity contribution in [2.24, 2.45) is 0 Å². The fourth-order valence-corrected chi connectivity index (χ4v) is 2.66. The molecule has 13 heavy (non-hydrogen) atoms. The number of rotatable bonds is 0.